The van der Waals surface area contributed by atoms with Crippen LogP contribution in [0.3, 0.4) is 0 Å². The van der Waals surface area contributed by atoms with Gasteiger partial charge in [0.1, 0.15) is 12.4 Å². The van der Waals surface area contributed by atoms with Gasteiger partial charge in [0.2, 0.25) is 11.7 Å². The molecule has 0 atom stereocenters. The minimum Gasteiger partial charge on any atom is -0.322 e. The second kappa shape index (κ2) is 7.40. The molecule has 0 radical (unpaired) electrons. The monoisotopic (exact) mass is 467 g/mol. The van der Waals surface area contributed by atoms with Gasteiger partial charge >= 0.3 is 0 Å². The Morgan fingerprint density at radius 1 is 1.24 bits per heavy atom. The minimum absolute atomic E-state index is 0.116. The quantitative estimate of drug-likeness (QED) is 0.629. The molecule has 0 aliphatic carbocycles. The average molecular weight is 469 g/mol. The highest BCUT2D eigenvalue weighted by molar-refractivity contribution is 9.11. The highest BCUT2D eigenvalue weighted by Gasteiger charge is 2.13. The molecule has 0 saturated heterocycles. The van der Waals surface area contributed by atoms with E-state index in [-0.39, 0.29) is 24.1 Å². The van der Waals surface area contributed by atoms with Crippen molar-refractivity contribution >= 4 is 43.5 Å². The van der Waals surface area contributed by atoms with E-state index in [1.54, 1.807) is 12.1 Å². The summed E-state index contributed by atoms with van der Waals surface area (Å²) in [6.07, 6.45) is 0. The number of hydrogen-bond donors (Lipinski definition) is 1. The Hall–Kier alpha value is -2.13. The average Bonchev–Trinajstić information content (AvgIpc) is 2.99. The second-order valence-electron chi connectivity index (χ2n) is 5.31. The summed E-state index contributed by atoms with van der Waals surface area (Å²) in [5.74, 6) is -0.445. The number of hydrogen-bond acceptors (Lipinski definition) is 4. The van der Waals surface area contributed by atoms with Crippen LogP contribution < -0.4 is 5.32 Å². The molecular weight excluding hydrogens is 457 g/mol. The summed E-state index contributed by atoms with van der Waals surface area (Å²) in [5.41, 5.74) is 2.17. The van der Waals surface area contributed by atoms with Gasteiger partial charge < -0.3 is 5.32 Å². The topological polar surface area (TPSA) is 72.7 Å². The minimum atomic E-state index is -0.388. The highest BCUT2D eigenvalue weighted by atomic mass is 79.9. The number of amides is 1. The normalized spacial score (nSPS) is 10.7. The van der Waals surface area contributed by atoms with Crippen LogP contribution in [0.25, 0.3) is 11.4 Å². The van der Waals surface area contributed by atoms with Crippen molar-refractivity contribution in [3.63, 3.8) is 0 Å². The molecule has 1 amide bonds. The van der Waals surface area contributed by atoms with Gasteiger partial charge in [-0.05, 0) is 73.8 Å². The second-order valence-corrected chi connectivity index (χ2v) is 7.01. The van der Waals surface area contributed by atoms with E-state index in [0.717, 1.165) is 19.3 Å². The number of nitrogens with one attached hydrogen (secondary N) is 1. The summed E-state index contributed by atoms with van der Waals surface area (Å²) < 4.78 is 14.8. The number of anilines is 1. The lowest BCUT2D eigenvalue weighted by atomic mass is 10.2. The van der Waals surface area contributed by atoms with Crippen LogP contribution in [0.2, 0.25) is 0 Å². The molecule has 9 heteroatoms. The van der Waals surface area contributed by atoms with Crippen LogP contribution in [0, 0.1) is 12.7 Å². The van der Waals surface area contributed by atoms with Crippen LogP contribution in [0.5, 0.6) is 0 Å². The molecule has 3 aromatic rings. The number of halogens is 3. The first-order chi connectivity index (χ1) is 11.9. The van der Waals surface area contributed by atoms with Gasteiger partial charge in [0.05, 0.1) is 5.69 Å². The maximum Gasteiger partial charge on any atom is 0.248 e. The molecule has 3 rings (SSSR count). The van der Waals surface area contributed by atoms with Crippen LogP contribution in [0.15, 0.2) is 45.3 Å². The van der Waals surface area contributed by atoms with Gasteiger partial charge in [0.15, 0.2) is 0 Å². The van der Waals surface area contributed by atoms with Crippen molar-refractivity contribution in [1.29, 1.82) is 0 Å². The number of carbonyl (C=O) groups excluding carboxylic acids is 1. The molecule has 25 heavy (non-hydrogen) atoms. The Morgan fingerprint density at radius 2 is 1.96 bits per heavy atom. The number of aryl methyl sites for hydroxylation is 1. The summed E-state index contributed by atoms with van der Waals surface area (Å²) >= 11 is 6.85. The Morgan fingerprint density at radius 3 is 2.64 bits per heavy atom. The van der Waals surface area contributed by atoms with E-state index < -0.39 is 0 Å². The number of tetrazole rings is 1. The van der Waals surface area contributed by atoms with E-state index in [1.807, 2.05) is 19.1 Å². The van der Waals surface area contributed by atoms with Crippen LogP contribution in [0.4, 0.5) is 10.1 Å². The molecule has 128 valence electrons. The van der Waals surface area contributed by atoms with E-state index in [9.17, 15) is 9.18 Å². The number of benzene rings is 2. The van der Waals surface area contributed by atoms with Gasteiger partial charge in [-0.2, -0.15) is 4.80 Å². The zero-order valence-electron chi connectivity index (χ0n) is 13.0. The van der Waals surface area contributed by atoms with Gasteiger partial charge in [-0.3, -0.25) is 4.79 Å². The molecule has 0 aliphatic rings. The maximum absolute atomic E-state index is 13.3. The molecule has 6 nitrogen and oxygen atoms in total. The fourth-order valence-corrected chi connectivity index (χ4v) is 3.79. The predicted octanol–water partition coefficient (Wildman–Crippen LogP) is 3.95. The first-order valence-corrected chi connectivity index (χ1v) is 8.80. The number of carbonyl (C=O) groups is 1. The summed E-state index contributed by atoms with van der Waals surface area (Å²) in [5, 5.41) is 14.6. The first-order valence-electron chi connectivity index (χ1n) is 7.21. The number of nitrogens with zero attached hydrogens (tertiary/aromatic N) is 4. The fraction of sp³-hybridized carbons (Fsp3) is 0.125. The van der Waals surface area contributed by atoms with Crippen molar-refractivity contribution in [1.82, 2.24) is 20.2 Å². The third-order valence-electron chi connectivity index (χ3n) is 3.27. The van der Waals surface area contributed by atoms with Crippen molar-refractivity contribution in [2.75, 3.05) is 5.32 Å². The molecule has 0 fully saturated rings. The van der Waals surface area contributed by atoms with E-state index in [2.05, 4.69) is 52.6 Å². The molecule has 0 spiro atoms. The zero-order chi connectivity index (χ0) is 18.0. The largest absolute Gasteiger partial charge is 0.322 e. The molecule has 1 heterocycles. The Balaban J connectivity index is 1.72. The van der Waals surface area contributed by atoms with Crippen molar-refractivity contribution in [2.45, 2.75) is 13.5 Å². The van der Waals surface area contributed by atoms with Gasteiger partial charge in [0.25, 0.3) is 0 Å². The van der Waals surface area contributed by atoms with Crippen LogP contribution in [-0.4, -0.2) is 26.1 Å². The summed E-state index contributed by atoms with van der Waals surface area (Å²) in [6, 6.07) is 9.67. The van der Waals surface area contributed by atoms with E-state index >= 15 is 0 Å². The zero-order valence-corrected chi connectivity index (χ0v) is 16.2. The lowest BCUT2D eigenvalue weighted by molar-refractivity contribution is -0.117. The molecule has 0 unspecified atom stereocenters. The maximum atomic E-state index is 13.3. The standard InChI is InChI=1S/C16H12Br2FN5O/c1-9-5-12(17)15(13(18)6-9)20-14(25)8-24-22-16(21-23-24)10-3-2-4-11(19)7-10/h2-7H,8H2,1H3,(H,20,25). The molecule has 0 bridgehead atoms. The Kier molecular flexibility index (Phi) is 5.24. The molecule has 1 aromatic heterocycles. The summed E-state index contributed by atoms with van der Waals surface area (Å²) in [7, 11) is 0. The Bertz CT molecular complexity index is 921. The molecule has 2 aromatic carbocycles. The van der Waals surface area contributed by atoms with Gasteiger partial charge in [0, 0.05) is 14.5 Å². The van der Waals surface area contributed by atoms with Crippen molar-refractivity contribution < 1.29 is 9.18 Å². The van der Waals surface area contributed by atoms with Crippen molar-refractivity contribution in [3.8, 4) is 11.4 Å². The molecule has 0 saturated carbocycles. The van der Waals surface area contributed by atoms with Crippen molar-refractivity contribution in [3.05, 3.63) is 56.7 Å². The van der Waals surface area contributed by atoms with Gasteiger partial charge in [-0.1, -0.05) is 12.1 Å². The predicted molar refractivity (Wildman–Crippen MR) is 98.4 cm³/mol. The van der Waals surface area contributed by atoms with Gasteiger partial charge in [-0.25, -0.2) is 4.39 Å². The fourth-order valence-electron chi connectivity index (χ4n) is 2.18. The Labute approximate surface area is 159 Å². The van der Waals surface area contributed by atoms with E-state index in [0.29, 0.717) is 11.3 Å². The molecule has 0 aliphatic heterocycles. The van der Waals surface area contributed by atoms with Crippen molar-refractivity contribution in [2.24, 2.45) is 0 Å². The molecular formula is C16H12Br2FN5O. The van der Waals surface area contributed by atoms with Crippen LogP contribution >= 0.6 is 31.9 Å². The SMILES string of the molecule is Cc1cc(Br)c(NC(=O)Cn2nnc(-c3cccc(F)c3)n2)c(Br)c1. The molecule has 1 N–H and O–H groups in total. The first kappa shape index (κ1) is 17.7. The third-order valence-corrected chi connectivity index (χ3v) is 4.52. The number of rotatable bonds is 4. The number of aromatic nitrogens is 4. The van der Waals surface area contributed by atoms with Crippen LogP contribution in [-0.2, 0) is 11.3 Å². The summed E-state index contributed by atoms with van der Waals surface area (Å²) in [4.78, 5) is 13.4. The van der Waals surface area contributed by atoms with E-state index in [4.69, 9.17) is 0 Å². The van der Waals surface area contributed by atoms with E-state index in [1.165, 1.54) is 12.1 Å². The van der Waals surface area contributed by atoms with Crippen LogP contribution in [0.1, 0.15) is 5.56 Å². The smallest absolute Gasteiger partial charge is 0.248 e. The lowest BCUT2D eigenvalue weighted by Gasteiger charge is -2.10. The third kappa shape index (κ3) is 4.29. The highest BCUT2D eigenvalue weighted by Crippen LogP contribution is 2.32. The lowest BCUT2D eigenvalue weighted by Crippen LogP contribution is -2.21. The van der Waals surface area contributed by atoms with Gasteiger partial charge in [-0.15, -0.1) is 10.2 Å². The summed E-state index contributed by atoms with van der Waals surface area (Å²) in [6.45, 7) is 1.84.